The van der Waals surface area contributed by atoms with Gasteiger partial charge < -0.3 is 0 Å². The molecule has 0 aromatic rings. The molecule has 0 amide bonds. The summed E-state index contributed by atoms with van der Waals surface area (Å²) in [5.74, 6) is 1.26. The highest BCUT2D eigenvalue weighted by Crippen LogP contribution is 2.41. The maximum atomic E-state index is 4.67. The molecular formula is C11H21N3S. The maximum absolute atomic E-state index is 4.67. The van der Waals surface area contributed by atoms with Crippen LogP contribution in [0.5, 0.6) is 0 Å². The molecule has 86 valence electrons. The summed E-state index contributed by atoms with van der Waals surface area (Å²) in [5.41, 5.74) is 3.79. The third kappa shape index (κ3) is 2.88. The standard InChI is InChI=1S/C11H21N3S/c1-14(2)13-10-12-8-11(9-15-10)6-4-3-5-7-11/h3-9H2,1-2H3,(H,12,13). The van der Waals surface area contributed by atoms with Gasteiger partial charge in [-0.1, -0.05) is 31.0 Å². The Kier molecular flexibility index (Phi) is 3.57. The Morgan fingerprint density at radius 3 is 2.53 bits per heavy atom. The number of aliphatic imine (C=N–C) groups is 1. The van der Waals surface area contributed by atoms with Crippen molar-refractivity contribution in [1.82, 2.24) is 10.4 Å². The highest BCUT2D eigenvalue weighted by atomic mass is 32.2. The largest absolute Gasteiger partial charge is 0.298 e. The first kappa shape index (κ1) is 11.3. The van der Waals surface area contributed by atoms with Crippen LogP contribution in [0.4, 0.5) is 0 Å². The molecule has 1 aliphatic heterocycles. The second-order valence-corrected chi connectivity index (χ2v) is 5.94. The zero-order valence-electron chi connectivity index (χ0n) is 9.75. The normalized spacial score (nSPS) is 25.4. The number of nitrogens with one attached hydrogen (secondary N) is 1. The molecule has 15 heavy (non-hydrogen) atoms. The van der Waals surface area contributed by atoms with Crippen molar-refractivity contribution in [2.45, 2.75) is 32.1 Å². The van der Waals surface area contributed by atoms with Gasteiger partial charge >= 0.3 is 0 Å². The molecule has 0 unspecified atom stereocenters. The maximum Gasteiger partial charge on any atom is 0.171 e. The van der Waals surface area contributed by atoms with E-state index in [9.17, 15) is 0 Å². The van der Waals surface area contributed by atoms with Gasteiger partial charge in [-0.2, -0.15) is 0 Å². The minimum Gasteiger partial charge on any atom is -0.298 e. The summed E-state index contributed by atoms with van der Waals surface area (Å²) in [4.78, 5) is 4.67. The first-order chi connectivity index (χ1) is 7.20. The third-order valence-electron chi connectivity index (χ3n) is 3.31. The lowest BCUT2D eigenvalue weighted by Crippen LogP contribution is -2.41. The molecule has 0 aromatic heterocycles. The lowest BCUT2D eigenvalue weighted by Gasteiger charge is -2.38. The minimum absolute atomic E-state index is 0.542. The fourth-order valence-electron chi connectivity index (χ4n) is 2.42. The average Bonchev–Trinajstić information content (AvgIpc) is 2.23. The summed E-state index contributed by atoms with van der Waals surface area (Å²) in [6, 6.07) is 0. The highest BCUT2D eigenvalue weighted by molar-refractivity contribution is 8.13. The van der Waals surface area contributed by atoms with Gasteiger partial charge in [-0.25, -0.2) is 5.01 Å². The van der Waals surface area contributed by atoms with Gasteiger partial charge in [0.2, 0.25) is 0 Å². The van der Waals surface area contributed by atoms with Crippen LogP contribution in [0.15, 0.2) is 4.99 Å². The monoisotopic (exact) mass is 227 g/mol. The zero-order valence-corrected chi connectivity index (χ0v) is 10.6. The molecule has 0 radical (unpaired) electrons. The number of thioether (sulfide) groups is 1. The molecule has 0 atom stereocenters. The van der Waals surface area contributed by atoms with Gasteiger partial charge in [0.1, 0.15) is 0 Å². The van der Waals surface area contributed by atoms with Crippen LogP contribution >= 0.6 is 11.8 Å². The molecule has 0 aromatic carbocycles. The van der Waals surface area contributed by atoms with E-state index < -0.39 is 0 Å². The molecule has 0 bridgehead atoms. The van der Waals surface area contributed by atoms with Gasteiger partial charge in [-0.15, -0.1) is 0 Å². The summed E-state index contributed by atoms with van der Waals surface area (Å²) in [6.07, 6.45) is 7.02. The lowest BCUT2D eigenvalue weighted by atomic mass is 9.75. The number of amidine groups is 1. The molecule has 1 N–H and O–H groups in total. The zero-order chi connectivity index (χ0) is 10.7. The Bertz CT molecular complexity index is 244. The molecule has 2 aliphatic rings. The summed E-state index contributed by atoms with van der Waals surface area (Å²) in [6.45, 7) is 1.04. The number of hydrazine groups is 1. The van der Waals surface area contributed by atoms with Crippen molar-refractivity contribution in [3.8, 4) is 0 Å². The van der Waals surface area contributed by atoms with Crippen LogP contribution < -0.4 is 5.43 Å². The Labute approximate surface area is 96.7 Å². The molecule has 3 nitrogen and oxygen atoms in total. The lowest BCUT2D eigenvalue weighted by molar-refractivity contribution is 0.231. The van der Waals surface area contributed by atoms with E-state index in [0.717, 1.165) is 11.7 Å². The van der Waals surface area contributed by atoms with E-state index >= 15 is 0 Å². The van der Waals surface area contributed by atoms with Crippen LogP contribution in [0.25, 0.3) is 0 Å². The molecule has 0 saturated heterocycles. The summed E-state index contributed by atoms with van der Waals surface area (Å²) >= 11 is 1.89. The Morgan fingerprint density at radius 1 is 1.27 bits per heavy atom. The fraction of sp³-hybridized carbons (Fsp3) is 0.909. The van der Waals surface area contributed by atoms with Crippen molar-refractivity contribution in [3.63, 3.8) is 0 Å². The fourth-order valence-corrected chi connectivity index (χ4v) is 3.64. The molecule has 2 rings (SSSR count). The van der Waals surface area contributed by atoms with Gasteiger partial charge in [0.15, 0.2) is 5.17 Å². The number of rotatable bonds is 1. The number of hydrogen-bond acceptors (Lipinski definition) is 4. The minimum atomic E-state index is 0.542. The Hall–Kier alpha value is -0.220. The van der Waals surface area contributed by atoms with Crippen LogP contribution in [0, 0.1) is 5.41 Å². The van der Waals surface area contributed by atoms with E-state index in [1.807, 2.05) is 30.9 Å². The molecule has 1 fully saturated rings. The quantitative estimate of drug-likeness (QED) is 0.695. The van der Waals surface area contributed by atoms with Crippen LogP contribution in [-0.4, -0.2) is 36.6 Å². The molecule has 4 heteroatoms. The van der Waals surface area contributed by atoms with Gasteiger partial charge in [0.25, 0.3) is 0 Å². The third-order valence-corrected chi connectivity index (χ3v) is 4.56. The SMILES string of the molecule is CN(C)NC1=NCC2(CCCCC2)CS1. The summed E-state index contributed by atoms with van der Waals surface area (Å²) in [7, 11) is 4.02. The van der Waals surface area contributed by atoms with Gasteiger partial charge in [0.05, 0.1) is 0 Å². The number of hydrogen-bond donors (Lipinski definition) is 1. The predicted octanol–water partition coefficient (Wildman–Crippen LogP) is 2.11. The Balaban J connectivity index is 1.91. The van der Waals surface area contributed by atoms with Gasteiger partial charge in [-0.3, -0.25) is 10.4 Å². The summed E-state index contributed by atoms with van der Waals surface area (Å²) in [5, 5.41) is 3.06. The molecule has 1 heterocycles. The van der Waals surface area contributed by atoms with Crippen molar-refractivity contribution >= 4 is 16.9 Å². The van der Waals surface area contributed by atoms with Crippen LogP contribution in [0.1, 0.15) is 32.1 Å². The molecular weight excluding hydrogens is 206 g/mol. The van der Waals surface area contributed by atoms with Crippen LogP contribution in [0.3, 0.4) is 0 Å². The van der Waals surface area contributed by atoms with Crippen LogP contribution in [0.2, 0.25) is 0 Å². The topological polar surface area (TPSA) is 27.6 Å². The summed E-state index contributed by atoms with van der Waals surface area (Å²) < 4.78 is 0. The van der Waals surface area contributed by atoms with Crippen molar-refractivity contribution in [2.24, 2.45) is 10.4 Å². The van der Waals surface area contributed by atoms with Gasteiger partial charge in [-0.05, 0) is 18.3 Å². The highest BCUT2D eigenvalue weighted by Gasteiger charge is 2.34. The van der Waals surface area contributed by atoms with Crippen LogP contribution in [-0.2, 0) is 0 Å². The number of nitrogens with zero attached hydrogens (tertiary/aromatic N) is 2. The van der Waals surface area contributed by atoms with Gasteiger partial charge in [0, 0.05) is 26.4 Å². The van der Waals surface area contributed by atoms with E-state index in [1.165, 1.54) is 37.9 Å². The average molecular weight is 227 g/mol. The smallest absolute Gasteiger partial charge is 0.171 e. The second kappa shape index (κ2) is 4.74. The van der Waals surface area contributed by atoms with Crippen molar-refractivity contribution in [3.05, 3.63) is 0 Å². The second-order valence-electron chi connectivity index (χ2n) is 4.98. The Morgan fingerprint density at radius 2 is 2.00 bits per heavy atom. The van der Waals surface area contributed by atoms with Crippen molar-refractivity contribution in [1.29, 1.82) is 0 Å². The van der Waals surface area contributed by atoms with E-state index in [1.54, 1.807) is 0 Å². The first-order valence-corrected chi connectivity index (χ1v) is 6.80. The van der Waals surface area contributed by atoms with Crippen molar-refractivity contribution < 1.29 is 0 Å². The van der Waals surface area contributed by atoms with E-state index in [-0.39, 0.29) is 0 Å². The van der Waals surface area contributed by atoms with E-state index in [0.29, 0.717) is 5.41 Å². The first-order valence-electron chi connectivity index (χ1n) is 5.81. The van der Waals surface area contributed by atoms with Crippen molar-refractivity contribution in [2.75, 3.05) is 26.4 Å². The molecule has 1 aliphatic carbocycles. The predicted molar refractivity (Wildman–Crippen MR) is 67.1 cm³/mol. The van der Waals surface area contributed by atoms with E-state index in [4.69, 9.17) is 0 Å². The van der Waals surface area contributed by atoms with E-state index in [2.05, 4.69) is 10.4 Å². The molecule has 1 spiro atoms. The molecule has 1 saturated carbocycles.